The van der Waals surface area contributed by atoms with E-state index in [-0.39, 0.29) is 12.3 Å². The molecule has 32 heavy (non-hydrogen) atoms. The highest BCUT2D eigenvalue weighted by Crippen LogP contribution is 2.60. The fourth-order valence-corrected chi connectivity index (χ4v) is 5.42. The van der Waals surface area contributed by atoms with Crippen molar-refractivity contribution in [3.8, 4) is 0 Å². The maximum atomic E-state index is 12.0. The first-order chi connectivity index (χ1) is 14.6. The standard InChI is InChI=1S/C11H19N2O16P3/c1-25-4-13-2-5(10(16)12-11(13)17)9-8(15)7(14)6(27-9)3-26-31(21,22)29-32(23,24)28-30(18,19)20/h2,6-9,14-15H,3-4H2,1H3,(H,21,22)(H,23,24)(H,12,16,17)(H2,18,19,20)/p-4. The van der Waals surface area contributed by atoms with Gasteiger partial charge in [-0.25, -0.2) is 9.11 Å². The van der Waals surface area contributed by atoms with Crippen molar-refractivity contribution in [1.29, 1.82) is 0 Å². The zero-order valence-corrected chi connectivity index (χ0v) is 18.4. The summed E-state index contributed by atoms with van der Waals surface area (Å²) in [6.45, 7) is -1.48. The Hall–Kier alpha value is -1.07. The zero-order valence-electron chi connectivity index (χ0n) is 15.7. The second kappa shape index (κ2) is 10.0. The van der Waals surface area contributed by atoms with Crippen LogP contribution in [0, 0.1) is 0 Å². The smallest absolute Gasteiger partial charge is 0.330 e. The number of methoxy groups -OCH3 is 1. The summed E-state index contributed by atoms with van der Waals surface area (Å²) in [7, 11) is -17.0. The number of hydrogen-bond acceptors (Lipinski definition) is 16. The van der Waals surface area contributed by atoms with Crippen LogP contribution in [0.3, 0.4) is 0 Å². The van der Waals surface area contributed by atoms with Crippen molar-refractivity contribution >= 4 is 23.5 Å². The molecule has 1 saturated heterocycles. The number of H-pyrrole nitrogens is 1. The highest BCUT2D eigenvalue weighted by molar-refractivity contribution is 7.64. The van der Waals surface area contributed by atoms with Crippen LogP contribution in [-0.4, -0.2) is 51.8 Å². The van der Waals surface area contributed by atoms with E-state index in [2.05, 4.69) is 13.1 Å². The molecule has 1 aliphatic heterocycles. The van der Waals surface area contributed by atoms with Crippen LogP contribution in [-0.2, 0) is 43.0 Å². The Kier molecular flexibility index (Phi) is 8.53. The molecule has 1 aromatic heterocycles. The van der Waals surface area contributed by atoms with Gasteiger partial charge in [0.15, 0.2) is 0 Å². The summed E-state index contributed by atoms with van der Waals surface area (Å²) in [6.07, 6.45) is -6.00. The predicted molar refractivity (Wildman–Crippen MR) is 88.9 cm³/mol. The van der Waals surface area contributed by atoms with Gasteiger partial charge < -0.3 is 48.3 Å². The van der Waals surface area contributed by atoms with Crippen LogP contribution in [0.4, 0.5) is 0 Å². The molecule has 1 fully saturated rings. The van der Waals surface area contributed by atoms with Crippen molar-refractivity contribution in [3.05, 3.63) is 32.6 Å². The van der Waals surface area contributed by atoms with Crippen LogP contribution >= 0.6 is 23.5 Å². The highest BCUT2D eigenvalue weighted by atomic mass is 31.3. The zero-order chi connectivity index (χ0) is 24.5. The predicted octanol–water partition coefficient (Wildman–Crippen LogP) is -4.88. The van der Waals surface area contributed by atoms with Gasteiger partial charge in [-0.05, 0) is 0 Å². The molecule has 1 aliphatic rings. The third-order valence-electron chi connectivity index (χ3n) is 3.77. The lowest BCUT2D eigenvalue weighted by molar-refractivity contribution is -0.339. The molecule has 0 saturated carbocycles. The van der Waals surface area contributed by atoms with E-state index < -0.39 is 65.7 Å². The first-order valence-electron chi connectivity index (χ1n) is 8.11. The van der Waals surface area contributed by atoms with Crippen LogP contribution in [0.15, 0.2) is 15.8 Å². The molecule has 0 radical (unpaired) electrons. The quantitative estimate of drug-likeness (QED) is 0.242. The molecule has 0 spiro atoms. The topological polar surface area (TPSA) is 285 Å². The molecule has 0 bridgehead atoms. The highest BCUT2D eigenvalue weighted by Gasteiger charge is 2.45. The van der Waals surface area contributed by atoms with E-state index in [0.29, 0.717) is 0 Å². The Morgan fingerprint density at radius 3 is 2.28 bits per heavy atom. The number of phosphoric acid groups is 3. The third-order valence-corrected chi connectivity index (χ3v) is 7.44. The summed E-state index contributed by atoms with van der Waals surface area (Å²) in [5.41, 5.74) is -2.21. The summed E-state index contributed by atoms with van der Waals surface area (Å²) < 4.78 is 54.3. The Bertz CT molecular complexity index is 1080. The van der Waals surface area contributed by atoms with Gasteiger partial charge >= 0.3 is 5.69 Å². The number of phosphoric ester groups is 1. The van der Waals surface area contributed by atoms with Crippen molar-refractivity contribution < 1.29 is 66.1 Å². The molecular weight excluding hydrogens is 509 g/mol. The van der Waals surface area contributed by atoms with Crippen molar-refractivity contribution in [3.63, 3.8) is 0 Å². The molecule has 6 atom stereocenters. The van der Waals surface area contributed by atoms with E-state index in [1.165, 1.54) is 7.11 Å². The minimum absolute atomic E-state index is 0.297. The number of aromatic amines is 1. The molecule has 21 heteroatoms. The second-order valence-corrected chi connectivity index (χ2v) is 10.4. The van der Waals surface area contributed by atoms with Gasteiger partial charge in [0.05, 0.1) is 20.0 Å². The number of ether oxygens (including phenoxy) is 2. The summed E-state index contributed by atoms with van der Waals surface area (Å²) in [6, 6.07) is 0. The number of nitrogens with one attached hydrogen (secondary N) is 1. The van der Waals surface area contributed by atoms with E-state index in [1.54, 1.807) is 0 Å². The molecule has 2 rings (SSSR count). The maximum Gasteiger partial charge on any atom is 0.330 e. The number of hydrogen-bond donors (Lipinski definition) is 3. The average molecular weight is 524 g/mol. The fourth-order valence-electron chi connectivity index (χ4n) is 2.56. The molecule has 6 unspecified atom stereocenters. The van der Waals surface area contributed by atoms with E-state index in [0.717, 1.165) is 10.8 Å². The number of aromatic nitrogens is 2. The number of rotatable bonds is 10. The molecule has 0 aromatic carbocycles. The van der Waals surface area contributed by atoms with E-state index >= 15 is 0 Å². The minimum atomic E-state index is -6.19. The van der Waals surface area contributed by atoms with E-state index in [9.17, 15) is 53.1 Å². The number of aliphatic hydroxyl groups excluding tert-OH is 2. The summed E-state index contributed by atoms with van der Waals surface area (Å²) in [5.74, 6) is 0. The SMILES string of the molecule is COCn1cc(C2OC(COP(=O)([O-])OP(=O)([O-])OP(=O)([O-])[O-])C(O)C2O)c(=O)[nH]c1=O. The largest absolute Gasteiger partial charge is 0.790 e. The van der Waals surface area contributed by atoms with Crippen LogP contribution in [0.5, 0.6) is 0 Å². The molecule has 1 aromatic rings. The average Bonchev–Trinajstić information content (AvgIpc) is 2.87. The lowest BCUT2D eigenvalue weighted by atomic mass is 10.0. The first-order valence-corrected chi connectivity index (χ1v) is 12.5. The van der Waals surface area contributed by atoms with Crippen LogP contribution < -0.4 is 30.8 Å². The summed E-state index contributed by atoms with van der Waals surface area (Å²) in [5, 5.41) is 20.2. The van der Waals surface area contributed by atoms with Crippen molar-refractivity contribution in [1.82, 2.24) is 9.55 Å². The summed E-state index contributed by atoms with van der Waals surface area (Å²) >= 11 is 0. The van der Waals surface area contributed by atoms with Gasteiger partial charge in [-0.15, -0.1) is 0 Å². The Balaban J connectivity index is 2.13. The van der Waals surface area contributed by atoms with Gasteiger partial charge in [0, 0.05) is 13.3 Å². The molecule has 2 heterocycles. The monoisotopic (exact) mass is 524 g/mol. The van der Waals surface area contributed by atoms with Crippen LogP contribution in [0.1, 0.15) is 11.7 Å². The molecule has 0 amide bonds. The number of nitrogens with zero attached hydrogens (tertiary/aromatic N) is 1. The van der Waals surface area contributed by atoms with Crippen molar-refractivity contribution in [2.45, 2.75) is 31.1 Å². The Labute approximate surface area is 177 Å². The maximum absolute atomic E-state index is 12.0. The van der Waals surface area contributed by atoms with E-state index in [4.69, 9.17) is 9.47 Å². The minimum Gasteiger partial charge on any atom is -0.790 e. The Morgan fingerprint density at radius 2 is 1.72 bits per heavy atom. The van der Waals surface area contributed by atoms with Crippen LogP contribution in [0.2, 0.25) is 0 Å². The van der Waals surface area contributed by atoms with Gasteiger partial charge in [-0.3, -0.25) is 27.8 Å². The first kappa shape index (κ1) is 27.2. The lowest BCUT2D eigenvalue weighted by Gasteiger charge is -2.37. The molecular formula is C11H15N2O16P3-4. The fraction of sp³-hybridized carbons (Fsp3) is 0.636. The summed E-state index contributed by atoms with van der Waals surface area (Å²) in [4.78, 5) is 68.9. The van der Waals surface area contributed by atoms with E-state index in [1.807, 2.05) is 4.98 Å². The van der Waals surface area contributed by atoms with Gasteiger partial charge in [-0.1, -0.05) is 0 Å². The molecule has 18 nitrogen and oxygen atoms in total. The van der Waals surface area contributed by atoms with Gasteiger partial charge in [0.1, 0.15) is 31.1 Å². The van der Waals surface area contributed by atoms with Gasteiger partial charge in [0.2, 0.25) is 0 Å². The molecule has 3 N–H and O–H groups in total. The molecule has 0 aliphatic carbocycles. The Morgan fingerprint density at radius 1 is 1.09 bits per heavy atom. The second-order valence-electron chi connectivity index (χ2n) is 6.11. The normalized spacial score (nSPS) is 27.7. The third kappa shape index (κ3) is 7.21. The van der Waals surface area contributed by atoms with Crippen LogP contribution in [0.25, 0.3) is 0 Å². The van der Waals surface area contributed by atoms with Gasteiger partial charge in [0.25, 0.3) is 21.2 Å². The number of aliphatic hydroxyl groups is 2. The molecule has 184 valence electrons. The van der Waals surface area contributed by atoms with Gasteiger partial charge in [-0.2, -0.15) is 0 Å². The van der Waals surface area contributed by atoms with Crippen molar-refractivity contribution in [2.75, 3.05) is 13.7 Å². The lowest BCUT2D eigenvalue weighted by Crippen LogP contribution is -2.36. The van der Waals surface area contributed by atoms with Crippen molar-refractivity contribution in [2.24, 2.45) is 0 Å².